The second kappa shape index (κ2) is 7.20. The Bertz CT molecular complexity index is 950. The zero-order chi connectivity index (χ0) is 18.8. The lowest BCUT2D eigenvalue weighted by Crippen LogP contribution is -2.44. The Morgan fingerprint density at radius 2 is 1.85 bits per heavy atom. The predicted molar refractivity (Wildman–Crippen MR) is 102 cm³/mol. The molecule has 27 heavy (non-hydrogen) atoms. The Balaban J connectivity index is 1.74. The minimum absolute atomic E-state index is 0.111. The molecule has 0 radical (unpaired) electrons. The molecule has 2 aromatic carbocycles. The largest absolute Gasteiger partial charge is 0.375 e. The Morgan fingerprint density at radius 3 is 2.56 bits per heavy atom. The van der Waals surface area contributed by atoms with E-state index >= 15 is 0 Å². The molecule has 0 spiro atoms. The zero-order valence-corrected chi connectivity index (χ0v) is 15.0. The molecule has 1 aliphatic rings. The van der Waals surface area contributed by atoms with Crippen molar-refractivity contribution in [3.05, 3.63) is 52.1 Å². The summed E-state index contributed by atoms with van der Waals surface area (Å²) >= 11 is 0. The van der Waals surface area contributed by atoms with Crippen molar-refractivity contribution in [1.29, 1.82) is 0 Å². The predicted octanol–water partition coefficient (Wildman–Crippen LogP) is 2.49. The van der Waals surface area contributed by atoms with E-state index in [9.17, 15) is 10.1 Å². The standard InChI is InChI=1S/C18H20N6O3/c1-22-7-9-23(10-8-22)15-11-14(19-12-13-5-3-2-4-6-13)18(24(25)26)17-16(15)20-27-21-17/h2-6,11,19H,7-10,12H2,1H3. The number of aromatic nitrogens is 2. The van der Waals surface area contributed by atoms with Crippen LogP contribution in [-0.4, -0.2) is 53.4 Å². The summed E-state index contributed by atoms with van der Waals surface area (Å²) in [5, 5.41) is 22.7. The van der Waals surface area contributed by atoms with Crippen LogP contribution in [0, 0.1) is 10.1 Å². The van der Waals surface area contributed by atoms with E-state index < -0.39 is 4.92 Å². The molecule has 3 aromatic rings. The number of nitrogens with zero attached hydrogens (tertiary/aromatic N) is 5. The molecule has 0 aliphatic carbocycles. The van der Waals surface area contributed by atoms with Gasteiger partial charge in [-0.25, -0.2) is 4.63 Å². The van der Waals surface area contributed by atoms with Crippen molar-refractivity contribution in [2.24, 2.45) is 0 Å². The lowest BCUT2D eigenvalue weighted by atomic mass is 10.1. The average molecular weight is 368 g/mol. The molecule has 1 saturated heterocycles. The van der Waals surface area contributed by atoms with Crippen molar-refractivity contribution in [3.63, 3.8) is 0 Å². The fourth-order valence-electron chi connectivity index (χ4n) is 3.31. The highest BCUT2D eigenvalue weighted by atomic mass is 16.6. The van der Waals surface area contributed by atoms with Gasteiger partial charge in [0.1, 0.15) is 5.69 Å². The SMILES string of the molecule is CN1CCN(c2cc(NCc3ccccc3)c([N+](=O)[O-])c3nonc23)CC1. The van der Waals surface area contributed by atoms with Crippen LogP contribution < -0.4 is 10.2 Å². The Morgan fingerprint density at radius 1 is 1.15 bits per heavy atom. The number of nitro groups is 1. The van der Waals surface area contributed by atoms with Gasteiger partial charge in [0, 0.05) is 32.7 Å². The van der Waals surface area contributed by atoms with Gasteiger partial charge in [0.05, 0.1) is 10.6 Å². The Labute approximate surface area is 155 Å². The van der Waals surface area contributed by atoms with Crippen LogP contribution in [0.2, 0.25) is 0 Å². The van der Waals surface area contributed by atoms with Crippen molar-refractivity contribution < 1.29 is 9.55 Å². The number of piperazine rings is 1. The third-order valence-corrected chi connectivity index (χ3v) is 4.84. The van der Waals surface area contributed by atoms with Gasteiger partial charge in [-0.3, -0.25) is 10.1 Å². The molecule has 1 N–H and O–H groups in total. The van der Waals surface area contributed by atoms with E-state index in [-0.39, 0.29) is 11.2 Å². The van der Waals surface area contributed by atoms with E-state index in [1.54, 1.807) is 6.07 Å². The quantitative estimate of drug-likeness (QED) is 0.541. The minimum Gasteiger partial charge on any atom is -0.375 e. The number of anilines is 2. The van der Waals surface area contributed by atoms with Crippen LogP contribution in [-0.2, 0) is 6.54 Å². The van der Waals surface area contributed by atoms with E-state index in [4.69, 9.17) is 4.63 Å². The van der Waals surface area contributed by atoms with Crippen LogP contribution in [0.4, 0.5) is 17.1 Å². The number of hydrogen-bond donors (Lipinski definition) is 1. The molecule has 2 heterocycles. The van der Waals surface area contributed by atoms with E-state index in [0.29, 0.717) is 17.7 Å². The van der Waals surface area contributed by atoms with Crippen LogP contribution in [0.15, 0.2) is 41.0 Å². The summed E-state index contributed by atoms with van der Waals surface area (Å²) < 4.78 is 4.86. The van der Waals surface area contributed by atoms with Crippen LogP contribution in [0.25, 0.3) is 11.0 Å². The van der Waals surface area contributed by atoms with E-state index in [1.807, 2.05) is 30.3 Å². The normalized spacial score (nSPS) is 15.2. The van der Waals surface area contributed by atoms with Gasteiger partial charge in [-0.2, -0.15) is 0 Å². The number of rotatable bonds is 5. The Hall–Kier alpha value is -3.20. The van der Waals surface area contributed by atoms with Crippen molar-refractivity contribution in [2.45, 2.75) is 6.54 Å². The van der Waals surface area contributed by atoms with Gasteiger partial charge in [0.15, 0.2) is 5.52 Å². The molecular weight excluding hydrogens is 348 g/mol. The van der Waals surface area contributed by atoms with Crippen LogP contribution >= 0.6 is 0 Å². The molecule has 9 heteroatoms. The number of likely N-dealkylation sites (N-methyl/N-ethyl adjacent to an activating group) is 1. The number of fused-ring (bicyclic) bond motifs is 1. The number of hydrogen-bond acceptors (Lipinski definition) is 8. The second-order valence-electron chi connectivity index (χ2n) is 6.64. The van der Waals surface area contributed by atoms with Gasteiger partial charge in [-0.1, -0.05) is 30.3 Å². The van der Waals surface area contributed by atoms with Gasteiger partial charge in [-0.05, 0) is 29.0 Å². The second-order valence-corrected chi connectivity index (χ2v) is 6.64. The number of nitrogens with one attached hydrogen (secondary N) is 1. The lowest BCUT2D eigenvalue weighted by Gasteiger charge is -2.34. The summed E-state index contributed by atoms with van der Waals surface area (Å²) in [5.74, 6) is 0. The fourth-order valence-corrected chi connectivity index (χ4v) is 3.31. The first kappa shape index (κ1) is 17.2. The third-order valence-electron chi connectivity index (χ3n) is 4.84. The van der Waals surface area contributed by atoms with Gasteiger partial charge in [-0.15, -0.1) is 0 Å². The molecule has 0 amide bonds. The van der Waals surface area contributed by atoms with Crippen molar-refractivity contribution >= 4 is 28.1 Å². The first-order valence-electron chi connectivity index (χ1n) is 8.78. The highest BCUT2D eigenvalue weighted by Gasteiger charge is 2.28. The molecule has 0 unspecified atom stereocenters. The summed E-state index contributed by atoms with van der Waals surface area (Å²) in [6.45, 7) is 3.93. The van der Waals surface area contributed by atoms with Crippen molar-refractivity contribution in [3.8, 4) is 0 Å². The summed E-state index contributed by atoms with van der Waals surface area (Å²) in [4.78, 5) is 15.7. The number of nitro benzene ring substituents is 1. The topological polar surface area (TPSA) is 101 Å². The maximum Gasteiger partial charge on any atom is 0.323 e. The van der Waals surface area contributed by atoms with Gasteiger partial charge < -0.3 is 15.1 Å². The van der Waals surface area contributed by atoms with Crippen LogP contribution in [0.3, 0.4) is 0 Å². The van der Waals surface area contributed by atoms with Crippen LogP contribution in [0.1, 0.15) is 5.56 Å². The fraction of sp³-hybridized carbons (Fsp3) is 0.333. The molecular formula is C18H20N6O3. The summed E-state index contributed by atoms with van der Waals surface area (Å²) in [6.07, 6.45) is 0. The minimum atomic E-state index is -0.437. The monoisotopic (exact) mass is 368 g/mol. The smallest absolute Gasteiger partial charge is 0.323 e. The average Bonchev–Trinajstić information content (AvgIpc) is 3.16. The molecule has 1 aliphatic heterocycles. The van der Waals surface area contributed by atoms with Crippen LogP contribution in [0.5, 0.6) is 0 Å². The molecule has 140 valence electrons. The lowest BCUT2D eigenvalue weighted by molar-refractivity contribution is -0.382. The molecule has 0 atom stereocenters. The molecule has 1 aromatic heterocycles. The molecule has 4 rings (SSSR count). The molecule has 0 saturated carbocycles. The van der Waals surface area contributed by atoms with E-state index in [1.165, 1.54) is 0 Å². The van der Waals surface area contributed by atoms with E-state index in [2.05, 4.69) is 32.5 Å². The van der Waals surface area contributed by atoms with E-state index in [0.717, 1.165) is 37.4 Å². The maximum absolute atomic E-state index is 11.7. The molecule has 0 bridgehead atoms. The maximum atomic E-state index is 11.7. The first-order chi connectivity index (χ1) is 13.1. The summed E-state index contributed by atoms with van der Waals surface area (Å²) in [5.41, 5.74) is 2.75. The highest BCUT2D eigenvalue weighted by molar-refractivity contribution is 5.99. The van der Waals surface area contributed by atoms with Gasteiger partial charge in [0.2, 0.25) is 5.52 Å². The van der Waals surface area contributed by atoms with Gasteiger partial charge in [0.25, 0.3) is 0 Å². The Kier molecular flexibility index (Phi) is 4.59. The summed E-state index contributed by atoms with van der Waals surface area (Å²) in [6, 6.07) is 11.5. The summed E-state index contributed by atoms with van der Waals surface area (Å²) in [7, 11) is 2.08. The molecule has 1 fully saturated rings. The molecule has 9 nitrogen and oxygen atoms in total. The van der Waals surface area contributed by atoms with Gasteiger partial charge >= 0.3 is 5.69 Å². The first-order valence-corrected chi connectivity index (χ1v) is 8.78. The highest BCUT2D eigenvalue weighted by Crippen LogP contribution is 2.38. The zero-order valence-electron chi connectivity index (χ0n) is 15.0. The van der Waals surface area contributed by atoms with Crippen molar-refractivity contribution in [1.82, 2.24) is 15.2 Å². The van der Waals surface area contributed by atoms with Crippen molar-refractivity contribution in [2.75, 3.05) is 43.4 Å². The third kappa shape index (κ3) is 3.41. The number of benzene rings is 2.